The molecule has 2 heterocycles. The van der Waals surface area contributed by atoms with Crippen LogP contribution in [-0.2, 0) is 4.79 Å². The third-order valence-electron chi connectivity index (χ3n) is 4.44. The minimum absolute atomic E-state index is 0.148. The van der Waals surface area contributed by atoms with Crippen molar-refractivity contribution in [3.63, 3.8) is 0 Å². The molecule has 1 aliphatic rings. The molecule has 0 atom stereocenters. The Balaban J connectivity index is 1.77. The summed E-state index contributed by atoms with van der Waals surface area (Å²) in [5.41, 5.74) is 1.83. The predicted molar refractivity (Wildman–Crippen MR) is 84.5 cm³/mol. The summed E-state index contributed by atoms with van der Waals surface area (Å²) >= 11 is 0. The summed E-state index contributed by atoms with van der Waals surface area (Å²) in [6.45, 7) is 2.64. The molecule has 0 unspecified atom stereocenters. The Morgan fingerprint density at radius 3 is 2.42 bits per heavy atom. The van der Waals surface area contributed by atoms with Crippen molar-refractivity contribution < 1.29 is 19.1 Å². The van der Waals surface area contributed by atoms with Gasteiger partial charge in [0.25, 0.3) is 5.91 Å². The summed E-state index contributed by atoms with van der Waals surface area (Å²) in [6.07, 6.45) is 2.43. The summed E-state index contributed by atoms with van der Waals surface area (Å²) in [4.78, 5) is 25.3. The molecule has 1 fully saturated rings. The van der Waals surface area contributed by atoms with Crippen LogP contribution in [0.5, 0.6) is 0 Å². The number of rotatable bonds is 3. The third kappa shape index (κ3) is 3.02. The van der Waals surface area contributed by atoms with E-state index < -0.39 is 5.97 Å². The molecule has 0 radical (unpaired) electrons. The van der Waals surface area contributed by atoms with Gasteiger partial charge in [-0.15, -0.1) is 0 Å². The van der Waals surface area contributed by atoms with E-state index in [2.05, 4.69) is 5.10 Å². The van der Waals surface area contributed by atoms with Crippen molar-refractivity contribution in [1.82, 2.24) is 14.7 Å². The second-order valence-corrected chi connectivity index (χ2v) is 5.94. The molecule has 0 spiro atoms. The number of amides is 1. The number of halogens is 1. The van der Waals surface area contributed by atoms with Crippen LogP contribution in [0.25, 0.3) is 5.69 Å². The van der Waals surface area contributed by atoms with E-state index in [1.165, 1.54) is 18.3 Å². The van der Waals surface area contributed by atoms with E-state index in [0.717, 1.165) is 0 Å². The van der Waals surface area contributed by atoms with Gasteiger partial charge in [0, 0.05) is 13.1 Å². The fraction of sp³-hybridized carbons (Fsp3) is 0.353. The number of carbonyl (C=O) groups excluding carboxylic acids is 1. The molecular weight excluding hydrogens is 313 g/mol. The van der Waals surface area contributed by atoms with Crippen LogP contribution in [-0.4, -0.2) is 44.8 Å². The Morgan fingerprint density at radius 1 is 1.21 bits per heavy atom. The molecule has 0 saturated carbocycles. The zero-order valence-electron chi connectivity index (χ0n) is 13.3. The normalized spacial score (nSPS) is 15.5. The largest absolute Gasteiger partial charge is 0.481 e. The molecule has 6 nitrogen and oxygen atoms in total. The number of piperidine rings is 1. The lowest BCUT2D eigenvalue weighted by Crippen LogP contribution is -2.40. The second-order valence-electron chi connectivity index (χ2n) is 5.94. The first-order chi connectivity index (χ1) is 11.5. The van der Waals surface area contributed by atoms with Crippen molar-refractivity contribution >= 4 is 11.9 Å². The molecule has 1 N–H and O–H groups in total. The molecule has 126 valence electrons. The van der Waals surface area contributed by atoms with Gasteiger partial charge in [0.1, 0.15) is 5.82 Å². The fourth-order valence-corrected chi connectivity index (χ4v) is 2.96. The van der Waals surface area contributed by atoms with Crippen LogP contribution in [0.4, 0.5) is 4.39 Å². The topological polar surface area (TPSA) is 75.4 Å². The van der Waals surface area contributed by atoms with Crippen LogP contribution in [0, 0.1) is 18.7 Å². The maximum absolute atomic E-state index is 13.0. The molecule has 7 heteroatoms. The van der Waals surface area contributed by atoms with Gasteiger partial charge in [-0.2, -0.15) is 5.10 Å². The number of nitrogens with zero attached hydrogens (tertiary/aromatic N) is 3. The van der Waals surface area contributed by atoms with Gasteiger partial charge >= 0.3 is 5.97 Å². The van der Waals surface area contributed by atoms with Crippen molar-refractivity contribution in [2.75, 3.05) is 13.1 Å². The van der Waals surface area contributed by atoms with Gasteiger partial charge in [0.2, 0.25) is 0 Å². The summed E-state index contributed by atoms with van der Waals surface area (Å²) in [5, 5.41) is 13.3. The summed E-state index contributed by atoms with van der Waals surface area (Å²) in [6, 6.07) is 5.88. The summed E-state index contributed by atoms with van der Waals surface area (Å²) in [5.74, 6) is -1.66. The number of aliphatic carboxylic acids is 1. The number of aromatic nitrogens is 2. The summed E-state index contributed by atoms with van der Waals surface area (Å²) in [7, 11) is 0. The zero-order valence-corrected chi connectivity index (χ0v) is 13.3. The van der Waals surface area contributed by atoms with Crippen molar-refractivity contribution in [3.05, 3.63) is 47.5 Å². The van der Waals surface area contributed by atoms with Gasteiger partial charge in [-0.25, -0.2) is 9.07 Å². The summed E-state index contributed by atoms with van der Waals surface area (Å²) < 4.78 is 14.6. The lowest BCUT2D eigenvalue weighted by atomic mass is 9.96. The number of hydrogen-bond donors (Lipinski definition) is 1. The smallest absolute Gasteiger partial charge is 0.306 e. The Bertz CT molecular complexity index is 762. The van der Waals surface area contributed by atoms with E-state index in [0.29, 0.717) is 42.9 Å². The van der Waals surface area contributed by atoms with Crippen LogP contribution in [0.2, 0.25) is 0 Å². The quantitative estimate of drug-likeness (QED) is 0.936. The third-order valence-corrected chi connectivity index (χ3v) is 4.44. The Hall–Kier alpha value is -2.70. The fourth-order valence-electron chi connectivity index (χ4n) is 2.96. The molecule has 1 saturated heterocycles. The lowest BCUT2D eigenvalue weighted by molar-refractivity contribution is -0.143. The highest BCUT2D eigenvalue weighted by Gasteiger charge is 2.29. The molecule has 0 aliphatic carbocycles. The first-order valence-corrected chi connectivity index (χ1v) is 7.80. The predicted octanol–water partition coefficient (Wildman–Crippen LogP) is 2.26. The van der Waals surface area contributed by atoms with Gasteiger partial charge < -0.3 is 10.0 Å². The van der Waals surface area contributed by atoms with E-state index in [9.17, 15) is 14.0 Å². The number of carbonyl (C=O) groups is 2. The Labute approximate surface area is 138 Å². The molecule has 1 aliphatic heterocycles. The maximum Gasteiger partial charge on any atom is 0.306 e. The molecule has 1 aromatic heterocycles. The van der Waals surface area contributed by atoms with Gasteiger partial charge in [0.05, 0.1) is 29.1 Å². The minimum Gasteiger partial charge on any atom is -0.481 e. The standard InChI is InChI=1S/C17H18FN3O3/c1-11-15(10-19-21(11)14-4-2-13(18)3-5-14)16(22)20-8-6-12(7-9-20)17(23)24/h2-5,10,12H,6-9H2,1H3,(H,23,24). The maximum atomic E-state index is 13.0. The van der Waals surface area contributed by atoms with Crippen LogP contribution in [0.3, 0.4) is 0 Å². The Morgan fingerprint density at radius 2 is 1.83 bits per heavy atom. The van der Waals surface area contributed by atoms with Crippen LogP contribution < -0.4 is 0 Å². The highest BCUT2D eigenvalue weighted by molar-refractivity contribution is 5.95. The minimum atomic E-state index is -0.803. The van der Waals surface area contributed by atoms with Gasteiger partial charge in [-0.05, 0) is 44.0 Å². The van der Waals surface area contributed by atoms with Gasteiger partial charge in [-0.3, -0.25) is 9.59 Å². The van der Waals surface area contributed by atoms with Crippen molar-refractivity contribution in [3.8, 4) is 5.69 Å². The average molecular weight is 331 g/mol. The number of hydrogen-bond acceptors (Lipinski definition) is 3. The van der Waals surface area contributed by atoms with E-state index in [1.807, 2.05) is 0 Å². The number of carboxylic acid groups (broad SMARTS) is 1. The number of benzene rings is 1. The SMILES string of the molecule is Cc1c(C(=O)N2CCC(C(=O)O)CC2)cnn1-c1ccc(F)cc1. The highest BCUT2D eigenvalue weighted by atomic mass is 19.1. The average Bonchev–Trinajstić information content (AvgIpc) is 2.96. The van der Waals surface area contributed by atoms with E-state index in [-0.39, 0.29) is 17.6 Å². The Kier molecular flexibility index (Phi) is 4.33. The van der Waals surface area contributed by atoms with E-state index in [1.54, 1.807) is 28.6 Å². The molecule has 1 aromatic carbocycles. The van der Waals surface area contributed by atoms with Crippen LogP contribution in [0.15, 0.2) is 30.5 Å². The number of likely N-dealkylation sites (tertiary alicyclic amines) is 1. The monoisotopic (exact) mass is 331 g/mol. The van der Waals surface area contributed by atoms with Crippen molar-refractivity contribution in [1.29, 1.82) is 0 Å². The van der Waals surface area contributed by atoms with Crippen molar-refractivity contribution in [2.45, 2.75) is 19.8 Å². The highest BCUT2D eigenvalue weighted by Crippen LogP contribution is 2.21. The molecule has 3 rings (SSSR count). The number of carboxylic acids is 1. The van der Waals surface area contributed by atoms with E-state index in [4.69, 9.17) is 5.11 Å². The molecule has 2 aromatic rings. The van der Waals surface area contributed by atoms with Crippen LogP contribution in [0.1, 0.15) is 28.9 Å². The molecule has 24 heavy (non-hydrogen) atoms. The second kappa shape index (κ2) is 6.43. The van der Waals surface area contributed by atoms with Crippen LogP contribution >= 0.6 is 0 Å². The van der Waals surface area contributed by atoms with Crippen molar-refractivity contribution in [2.24, 2.45) is 5.92 Å². The molecule has 0 bridgehead atoms. The van der Waals surface area contributed by atoms with E-state index >= 15 is 0 Å². The first-order valence-electron chi connectivity index (χ1n) is 7.80. The zero-order chi connectivity index (χ0) is 17.3. The van der Waals surface area contributed by atoms with Gasteiger partial charge in [0.15, 0.2) is 0 Å². The first kappa shape index (κ1) is 16.2. The molecule has 1 amide bonds. The molecular formula is C17H18FN3O3. The lowest BCUT2D eigenvalue weighted by Gasteiger charge is -2.30. The van der Waals surface area contributed by atoms with Gasteiger partial charge in [-0.1, -0.05) is 0 Å².